The van der Waals surface area contributed by atoms with Crippen LogP contribution in [-0.2, 0) is 21.5 Å². The lowest BCUT2D eigenvalue weighted by Crippen LogP contribution is -2.53. The summed E-state index contributed by atoms with van der Waals surface area (Å²) in [5.41, 5.74) is 0.921. The van der Waals surface area contributed by atoms with Gasteiger partial charge < -0.3 is 14.8 Å². The summed E-state index contributed by atoms with van der Waals surface area (Å²) in [7, 11) is -3.54. The fraction of sp³-hybridized carbons (Fsp3) is 0.667. The van der Waals surface area contributed by atoms with Crippen LogP contribution >= 0.6 is 0 Å². The highest BCUT2D eigenvalue weighted by atomic mass is 32.2. The van der Waals surface area contributed by atoms with Crippen LogP contribution in [-0.4, -0.2) is 55.9 Å². The number of hydrogen-bond donors (Lipinski definition) is 1. The summed E-state index contributed by atoms with van der Waals surface area (Å²) >= 11 is 0. The highest BCUT2D eigenvalue weighted by molar-refractivity contribution is 7.86. The van der Waals surface area contributed by atoms with Gasteiger partial charge in [-0.15, -0.1) is 0 Å². The lowest BCUT2D eigenvalue weighted by molar-refractivity contribution is -0.126. The normalized spacial score (nSPS) is 27.7. The van der Waals surface area contributed by atoms with Crippen molar-refractivity contribution < 1.29 is 22.7 Å². The standard InChI is InChI=1S/C21H31N3O5S/c1-15-8-16(2)12-24(11-15)30(26,27)23-7-3-4-18(13-23)21(25)22-10-17-5-6-19-20(9-17)29-14-28-19/h5-6,9,15-16,18H,3-4,7-8,10-14H2,1-2H3,(H,22,25)/t15-,16-,18-/m1/s1. The summed E-state index contributed by atoms with van der Waals surface area (Å²) in [6.45, 7) is 6.63. The molecule has 1 amide bonds. The molecule has 0 aliphatic carbocycles. The van der Waals surface area contributed by atoms with Crippen molar-refractivity contribution in [1.29, 1.82) is 0 Å². The molecular formula is C21H31N3O5S. The Morgan fingerprint density at radius 3 is 2.60 bits per heavy atom. The zero-order valence-corrected chi connectivity index (χ0v) is 18.5. The summed E-state index contributed by atoms with van der Waals surface area (Å²) < 4.78 is 40.2. The number of benzene rings is 1. The third-order valence-corrected chi connectivity index (χ3v) is 8.08. The topological polar surface area (TPSA) is 88.2 Å². The van der Waals surface area contributed by atoms with Crippen LogP contribution in [0.15, 0.2) is 18.2 Å². The maximum atomic E-state index is 13.2. The Kier molecular flexibility index (Phi) is 6.22. The van der Waals surface area contributed by atoms with Crippen molar-refractivity contribution >= 4 is 16.1 Å². The van der Waals surface area contributed by atoms with E-state index in [-0.39, 0.29) is 25.2 Å². The summed E-state index contributed by atoms with van der Waals surface area (Å²) in [5.74, 6) is 1.67. The third-order valence-electron chi connectivity index (χ3n) is 6.15. The number of amides is 1. The number of nitrogens with one attached hydrogen (secondary N) is 1. The molecule has 2 fully saturated rings. The Hall–Kier alpha value is -1.84. The molecule has 0 aromatic heterocycles. The van der Waals surface area contributed by atoms with Crippen molar-refractivity contribution in [2.45, 2.75) is 39.7 Å². The van der Waals surface area contributed by atoms with Gasteiger partial charge in [0.25, 0.3) is 10.2 Å². The highest BCUT2D eigenvalue weighted by Crippen LogP contribution is 2.32. The van der Waals surface area contributed by atoms with Crippen LogP contribution in [0, 0.1) is 17.8 Å². The van der Waals surface area contributed by atoms with E-state index in [0.717, 1.165) is 12.0 Å². The minimum Gasteiger partial charge on any atom is -0.454 e. The van der Waals surface area contributed by atoms with E-state index in [4.69, 9.17) is 9.47 Å². The molecule has 3 aliphatic rings. The van der Waals surface area contributed by atoms with Crippen LogP contribution in [0.4, 0.5) is 0 Å². The average molecular weight is 438 g/mol. The van der Waals surface area contributed by atoms with E-state index in [0.29, 0.717) is 62.4 Å². The molecule has 0 bridgehead atoms. The molecule has 4 rings (SSSR count). The average Bonchev–Trinajstić information content (AvgIpc) is 3.19. The number of nitrogens with zero attached hydrogens (tertiary/aromatic N) is 2. The molecule has 9 heteroatoms. The molecule has 1 N–H and O–H groups in total. The van der Waals surface area contributed by atoms with Crippen LogP contribution in [0.5, 0.6) is 11.5 Å². The first kappa shape index (κ1) is 21.4. The van der Waals surface area contributed by atoms with Gasteiger partial charge in [-0.3, -0.25) is 4.79 Å². The van der Waals surface area contributed by atoms with Gasteiger partial charge in [0.15, 0.2) is 11.5 Å². The third kappa shape index (κ3) is 4.58. The van der Waals surface area contributed by atoms with Crippen molar-refractivity contribution in [3.63, 3.8) is 0 Å². The van der Waals surface area contributed by atoms with Crippen molar-refractivity contribution in [2.24, 2.45) is 17.8 Å². The first-order valence-corrected chi connectivity index (χ1v) is 12.1. The van der Waals surface area contributed by atoms with Crippen molar-refractivity contribution in [3.8, 4) is 11.5 Å². The largest absolute Gasteiger partial charge is 0.454 e. The number of carbonyl (C=O) groups excluding carboxylic acids is 1. The maximum absolute atomic E-state index is 13.2. The number of hydrogen-bond acceptors (Lipinski definition) is 5. The monoisotopic (exact) mass is 437 g/mol. The van der Waals surface area contributed by atoms with Gasteiger partial charge in [-0.05, 0) is 48.8 Å². The van der Waals surface area contributed by atoms with E-state index in [2.05, 4.69) is 19.2 Å². The van der Waals surface area contributed by atoms with Crippen LogP contribution in [0.2, 0.25) is 0 Å². The predicted molar refractivity (Wildman–Crippen MR) is 112 cm³/mol. The lowest BCUT2D eigenvalue weighted by atomic mass is 9.94. The smallest absolute Gasteiger partial charge is 0.282 e. The molecule has 3 aliphatic heterocycles. The molecule has 2 saturated heterocycles. The van der Waals surface area contributed by atoms with Crippen molar-refractivity contribution in [2.75, 3.05) is 33.0 Å². The summed E-state index contributed by atoms with van der Waals surface area (Å²) in [4.78, 5) is 12.8. The Labute approximate surface area is 178 Å². The predicted octanol–water partition coefficient (Wildman–Crippen LogP) is 1.97. The van der Waals surface area contributed by atoms with Crippen LogP contribution < -0.4 is 14.8 Å². The highest BCUT2D eigenvalue weighted by Gasteiger charge is 2.38. The molecule has 3 heterocycles. The van der Waals surface area contributed by atoms with Gasteiger partial charge in [-0.1, -0.05) is 19.9 Å². The van der Waals surface area contributed by atoms with Gasteiger partial charge in [0.05, 0.1) is 5.92 Å². The zero-order chi connectivity index (χ0) is 21.3. The number of fused-ring (bicyclic) bond motifs is 1. The first-order valence-electron chi connectivity index (χ1n) is 10.7. The molecule has 0 spiro atoms. The number of rotatable bonds is 5. The van der Waals surface area contributed by atoms with Gasteiger partial charge in [0.1, 0.15) is 0 Å². The Morgan fingerprint density at radius 1 is 1.10 bits per heavy atom. The molecule has 0 unspecified atom stereocenters. The SMILES string of the molecule is C[C@@H]1C[C@@H](C)CN(S(=O)(=O)N2CCC[C@@H](C(=O)NCc3ccc4c(c3)OCO4)C2)C1. The first-order chi connectivity index (χ1) is 14.3. The lowest BCUT2D eigenvalue weighted by Gasteiger charge is -2.39. The van der Waals surface area contributed by atoms with E-state index < -0.39 is 10.2 Å². The molecule has 1 aromatic carbocycles. The maximum Gasteiger partial charge on any atom is 0.282 e. The number of piperidine rings is 2. The Balaban J connectivity index is 1.35. The van der Waals surface area contributed by atoms with Crippen molar-refractivity contribution in [1.82, 2.24) is 13.9 Å². The van der Waals surface area contributed by atoms with Gasteiger partial charge in [0.2, 0.25) is 12.7 Å². The second kappa shape index (κ2) is 8.72. The molecule has 1 aromatic rings. The van der Waals surface area contributed by atoms with E-state index in [1.165, 1.54) is 4.31 Å². The van der Waals surface area contributed by atoms with Gasteiger partial charge in [0, 0.05) is 32.7 Å². The molecular weight excluding hydrogens is 406 g/mol. The second-order valence-electron chi connectivity index (χ2n) is 8.87. The minimum absolute atomic E-state index is 0.104. The second-order valence-corrected chi connectivity index (χ2v) is 10.8. The van der Waals surface area contributed by atoms with Crippen LogP contribution in [0.25, 0.3) is 0 Å². The minimum atomic E-state index is -3.54. The van der Waals surface area contributed by atoms with Gasteiger partial charge in [-0.25, -0.2) is 0 Å². The molecule has 8 nitrogen and oxygen atoms in total. The zero-order valence-electron chi connectivity index (χ0n) is 17.7. The number of ether oxygens (including phenoxy) is 2. The van der Waals surface area contributed by atoms with E-state index in [9.17, 15) is 13.2 Å². The van der Waals surface area contributed by atoms with Crippen molar-refractivity contribution in [3.05, 3.63) is 23.8 Å². The Bertz CT molecular complexity index is 881. The Morgan fingerprint density at radius 2 is 1.83 bits per heavy atom. The van der Waals surface area contributed by atoms with E-state index in [1.807, 2.05) is 18.2 Å². The molecule has 3 atom stereocenters. The van der Waals surface area contributed by atoms with Crippen LogP contribution in [0.3, 0.4) is 0 Å². The summed E-state index contributed by atoms with van der Waals surface area (Å²) in [6, 6.07) is 5.59. The van der Waals surface area contributed by atoms with E-state index >= 15 is 0 Å². The molecule has 0 radical (unpaired) electrons. The quantitative estimate of drug-likeness (QED) is 0.761. The number of carbonyl (C=O) groups is 1. The summed E-state index contributed by atoms with van der Waals surface area (Å²) in [6.07, 6.45) is 2.45. The molecule has 30 heavy (non-hydrogen) atoms. The van der Waals surface area contributed by atoms with Crippen LogP contribution in [0.1, 0.15) is 38.7 Å². The molecule has 166 valence electrons. The van der Waals surface area contributed by atoms with Gasteiger partial charge in [-0.2, -0.15) is 17.0 Å². The van der Waals surface area contributed by atoms with E-state index in [1.54, 1.807) is 4.31 Å². The van der Waals surface area contributed by atoms with Gasteiger partial charge >= 0.3 is 0 Å². The fourth-order valence-corrected chi connectivity index (χ4v) is 6.65. The fourth-order valence-electron chi connectivity index (χ4n) is 4.71. The summed E-state index contributed by atoms with van der Waals surface area (Å²) in [5, 5.41) is 2.96. The molecule has 0 saturated carbocycles.